The molecule has 0 spiro atoms. The maximum absolute atomic E-state index is 11.1. The monoisotopic (exact) mass is 266 g/mol. The van der Waals surface area contributed by atoms with Crippen LogP contribution in [-0.4, -0.2) is 26.6 Å². The second-order valence-corrected chi connectivity index (χ2v) is 10.3. The summed E-state index contributed by atoms with van der Waals surface area (Å²) >= 11 is 0. The van der Waals surface area contributed by atoms with Gasteiger partial charge in [0.1, 0.15) is 0 Å². The first kappa shape index (κ1) is 16.1. The zero-order chi connectivity index (χ0) is 12.6. The SMILES string of the molecule is CCCCCCCCC([SiH](C)C)S(=O)(=O)O. The van der Waals surface area contributed by atoms with Gasteiger partial charge in [-0.3, -0.25) is 4.55 Å². The van der Waals surface area contributed by atoms with Crippen LogP contribution >= 0.6 is 0 Å². The van der Waals surface area contributed by atoms with Gasteiger partial charge in [-0.1, -0.05) is 58.5 Å². The molecular formula is C11H26O3SSi. The summed E-state index contributed by atoms with van der Waals surface area (Å²) in [5, 5.41) is 0. The highest BCUT2D eigenvalue weighted by Gasteiger charge is 2.26. The van der Waals surface area contributed by atoms with Crippen molar-refractivity contribution in [2.75, 3.05) is 0 Å². The molecule has 0 aromatic carbocycles. The van der Waals surface area contributed by atoms with Crippen LogP contribution in [0.2, 0.25) is 13.1 Å². The lowest BCUT2D eigenvalue weighted by molar-refractivity contribution is 0.472. The van der Waals surface area contributed by atoms with Crippen molar-refractivity contribution in [3.8, 4) is 0 Å². The lowest BCUT2D eigenvalue weighted by atomic mass is 10.1. The average molecular weight is 266 g/mol. The largest absolute Gasteiger partial charge is 0.286 e. The van der Waals surface area contributed by atoms with E-state index in [1.54, 1.807) is 0 Å². The lowest BCUT2D eigenvalue weighted by Crippen LogP contribution is -2.33. The Morgan fingerprint density at radius 3 is 2.00 bits per heavy atom. The molecular weight excluding hydrogens is 240 g/mol. The van der Waals surface area contributed by atoms with Crippen LogP contribution in [0.5, 0.6) is 0 Å². The molecule has 0 rings (SSSR count). The second kappa shape index (κ2) is 8.25. The van der Waals surface area contributed by atoms with Crippen LogP contribution in [0.25, 0.3) is 0 Å². The van der Waals surface area contributed by atoms with Crippen LogP contribution in [0.3, 0.4) is 0 Å². The Hall–Kier alpha value is 0.127. The summed E-state index contributed by atoms with van der Waals surface area (Å²) in [6.45, 7) is 6.14. The molecule has 0 amide bonds. The van der Waals surface area contributed by atoms with E-state index < -0.39 is 23.8 Å². The summed E-state index contributed by atoms with van der Waals surface area (Å²) in [5.74, 6) is 0. The molecule has 1 N–H and O–H groups in total. The highest BCUT2D eigenvalue weighted by atomic mass is 32.2. The molecule has 0 fully saturated rings. The van der Waals surface area contributed by atoms with Gasteiger partial charge in [-0.2, -0.15) is 8.42 Å². The fourth-order valence-corrected chi connectivity index (χ4v) is 6.07. The van der Waals surface area contributed by atoms with Crippen LogP contribution in [0.4, 0.5) is 0 Å². The van der Waals surface area contributed by atoms with Crippen molar-refractivity contribution in [3.05, 3.63) is 0 Å². The number of rotatable bonds is 9. The van der Waals surface area contributed by atoms with E-state index in [-0.39, 0.29) is 0 Å². The first-order chi connectivity index (χ1) is 7.39. The molecule has 0 saturated heterocycles. The zero-order valence-electron chi connectivity index (χ0n) is 10.8. The van der Waals surface area contributed by atoms with Crippen LogP contribution < -0.4 is 0 Å². The van der Waals surface area contributed by atoms with Crippen molar-refractivity contribution in [3.63, 3.8) is 0 Å². The molecule has 0 aliphatic heterocycles. The van der Waals surface area contributed by atoms with Crippen LogP contribution in [0.15, 0.2) is 0 Å². The quantitative estimate of drug-likeness (QED) is 0.396. The van der Waals surface area contributed by atoms with Crippen molar-refractivity contribution >= 4 is 18.9 Å². The Kier molecular flexibility index (Phi) is 8.32. The number of hydrogen-bond acceptors (Lipinski definition) is 2. The van der Waals surface area contributed by atoms with Gasteiger partial charge >= 0.3 is 0 Å². The number of unbranched alkanes of at least 4 members (excludes halogenated alkanes) is 5. The summed E-state index contributed by atoms with van der Waals surface area (Å²) in [6, 6.07) is 0. The molecule has 0 aromatic rings. The van der Waals surface area contributed by atoms with E-state index in [1.165, 1.54) is 25.7 Å². The molecule has 0 radical (unpaired) electrons. The van der Waals surface area contributed by atoms with Crippen molar-refractivity contribution in [2.45, 2.75) is 69.8 Å². The molecule has 0 heterocycles. The van der Waals surface area contributed by atoms with Gasteiger partial charge in [0.05, 0.1) is 13.7 Å². The fraction of sp³-hybridized carbons (Fsp3) is 1.00. The summed E-state index contributed by atoms with van der Waals surface area (Å²) in [6.07, 6.45) is 7.59. The third-order valence-electron chi connectivity index (χ3n) is 2.97. The maximum Gasteiger partial charge on any atom is 0.264 e. The summed E-state index contributed by atoms with van der Waals surface area (Å²) < 4.78 is 31.4. The highest BCUT2D eigenvalue weighted by molar-refractivity contribution is 7.88. The third-order valence-corrected chi connectivity index (χ3v) is 8.45. The molecule has 0 saturated carbocycles. The summed E-state index contributed by atoms with van der Waals surface area (Å²) in [7, 11) is -5.11. The topological polar surface area (TPSA) is 54.4 Å². The molecule has 0 aromatic heterocycles. The van der Waals surface area contributed by atoms with Gasteiger partial charge in [0.2, 0.25) is 0 Å². The van der Waals surface area contributed by atoms with E-state index in [2.05, 4.69) is 6.92 Å². The van der Waals surface area contributed by atoms with Gasteiger partial charge in [0.25, 0.3) is 10.1 Å². The first-order valence-corrected chi connectivity index (χ1v) is 10.8. The van der Waals surface area contributed by atoms with E-state index in [4.69, 9.17) is 4.55 Å². The lowest BCUT2D eigenvalue weighted by Gasteiger charge is -2.16. The normalized spacial score (nSPS) is 14.3. The zero-order valence-corrected chi connectivity index (χ0v) is 12.7. The van der Waals surface area contributed by atoms with Crippen molar-refractivity contribution in [1.29, 1.82) is 0 Å². The Balaban J connectivity index is 3.79. The van der Waals surface area contributed by atoms with Gasteiger partial charge < -0.3 is 0 Å². The smallest absolute Gasteiger partial charge is 0.264 e. The molecule has 0 aliphatic carbocycles. The molecule has 5 heteroatoms. The Labute approximate surface area is 102 Å². The Bertz CT molecular complexity index is 262. The van der Waals surface area contributed by atoms with E-state index >= 15 is 0 Å². The van der Waals surface area contributed by atoms with Gasteiger partial charge in [-0.05, 0) is 6.42 Å². The first-order valence-electron chi connectivity index (χ1n) is 6.35. The Morgan fingerprint density at radius 2 is 1.56 bits per heavy atom. The van der Waals surface area contributed by atoms with Gasteiger partial charge in [0, 0.05) is 0 Å². The van der Waals surface area contributed by atoms with Crippen molar-refractivity contribution in [1.82, 2.24) is 0 Å². The minimum atomic E-state index is -3.80. The van der Waals surface area contributed by atoms with Gasteiger partial charge in [-0.25, -0.2) is 0 Å². The predicted molar refractivity (Wildman–Crippen MR) is 72.2 cm³/mol. The fourth-order valence-electron chi connectivity index (χ4n) is 1.95. The van der Waals surface area contributed by atoms with E-state index in [0.717, 1.165) is 12.8 Å². The third kappa shape index (κ3) is 7.41. The molecule has 3 nitrogen and oxygen atoms in total. The van der Waals surface area contributed by atoms with E-state index in [1.807, 2.05) is 13.1 Å². The van der Waals surface area contributed by atoms with Crippen molar-refractivity contribution < 1.29 is 13.0 Å². The van der Waals surface area contributed by atoms with Crippen LogP contribution in [0, 0.1) is 0 Å². The Morgan fingerprint density at radius 1 is 1.06 bits per heavy atom. The van der Waals surface area contributed by atoms with Crippen LogP contribution in [-0.2, 0) is 10.1 Å². The maximum atomic E-state index is 11.1. The highest BCUT2D eigenvalue weighted by Crippen LogP contribution is 2.15. The molecule has 1 unspecified atom stereocenters. The molecule has 1 atom stereocenters. The summed E-state index contributed by atoms with van der Waals surface area (Å²) in [4.78, 5) is -0.446. The molecule has 0 aliphatic rings. The molecule has 16 heavy (non-hydrogen) atoms. The average Bonchev–Trinajstić information content (AvgIpc) is 2.13. The predicted octanol–water partition coefficient (Wildman–Crippen LogP) is 3.02. The molecule has 98 valence electrons. The minimum absolute atomic E-state index is 0.446. The van der Waals surface area contributed by atoms with Crippen molar-refractivity contribution in [2.24, 2.45) is 0 Å². The molecule has 0 bridgehead atoms. The van der Waals surface area contributed by atoms with Gasteiger partial charge in [-0.15, -0.1) is 0 Å². The van der Waals surface area contributed by atoms with Crippen LogP contribution in [0.1, 0.15) is 51.9 Å². The minimum Gasteiger partial charge on any atom is -0.286 e. The van der Waals surface area contributed by atoms with E-state index in [9.17, 15) is 8.42 Å². The standard InChI is InChI=1S/C11H26O3SSi/c1-4-5-6-7-8-9-10-11(16(2)3)15(12,13)14/h11,16H,4-10H2,1-3H3,(H,12,13,14). The number of hydrogen-bond donors (Lipinski definition) is 1. The van der Waals surface area contributed by atoms with Gasteiger partial charge in [0.15, 0.2) is 0 Å². The van der Waals surface area contributed by atoms with E-state index in [0.29, 0.717) is 6.42 Å². The summed E-state index contributed by atoms with van der Waals surface area (Å²) in [5.41, 5.74) is 0. The second-order valence-electron chi connectivity index (χ2n) is 4.85.